The van der Waals surface area contributed by atoms with Crippen LogP contribution in [0.3, 0.4) is 0 Å². The normalized spacial score (nSPS) is 18.0. The minimum Gasteiger partial charge on any atom is -0.366 e. The van der Waals surface area contributed by atoms with Gasteiger partial charge in [0.25, 0.3) is 0 Å². The van der Waals surface area contributed by atoms with Gasteiger partial charge in [-0.3, -0.25) is 15.0 Å². The Balaban J connectivity index is 1.63. The highest BCUT2D eigenvalue weighted by molar-refractivity contribution is 6.05. The summed E-state index contributed by atoms with van der Waals surface area (Å²) in [6.07, 6.45) is -3.12. The number of anilines is 3. The fraction of sp³-hybridized carbons (Fsp3) is 0.381. The molecule has 1 saturated heterocycles. The Morgan fingerprint density at radius 1 is 1.34 bits per heavy atom. The van der Waals surface area contributed by atoms with E-state index in [9.17, 15) is 22.8 Å². The van der Waals surface area contributed by atoms with Gasteiger partial charge >= 0.3 is 12.2 Å². The Kier molecular flexibility index (Phi) is 5.46. The molecule has 0 aliphatic carbocycles. The molecule has 0 saturated carbocycles. The van der Waals surface area contributed by atoms with Crippen LogP contribution in [-0.4, -0.2) is 47.1 Å². The zero-order chi connectivity index (χ0) is 23.0. The Morgan fingerprint density at radius 2 is 2.12 bits per heavy atom. The fourth-order valence-electron chi connectivity index (χ4n) is 3.85. The number of nitrogens with zero attached hydrogens (tertiary/aromatic N) is 5. The van der Waals surface area contributed by atoms with Crippen LogP contribution in [0.15, 0.2) is 30.5 Å². The zero-order valence-electron chi connectivity index (χ0n) is 17.1. The average molecular weight is 444 g/mol. The van der Waals surface area contributed by atoms with Crippen LogP contribution in [0.4, 0.5) is 41.0 Å². The van der Waals surface area contributed by atoms with Gasteiger partial charge in [-0.05, 0) is 30.7 Å². The van der Waals surface area contributed by atoms with Crippen molar-refractivity contribution in [3.63, 3.8) is 0 Å². The lowest BCUT2D eigenvalue weighted by Crippen LogP contribution is -2.48. The van der Waals surface area contributed by atoms with E-state index in [1.54, 1.807) is 6.07 Å². The van der Waals surface area contributed by atoms with Crippen molar-refractivity contribution in [1.82, 2.24) is 9.97 Å². The number of hydrogen-bond acceptors (Lipinski definition) is 5. The second kappa shape index (κ2) is 8.11. The van der Waals surface area contributed by atoms with Crippen LogP contribution in [0.1, 0.15) is 30.3 Å². The maximum absolute atomic E-state index is 13.1. The number of nitrogens with one attached hydrogen (secondary N) is 1. The number of halogens is 3. The predicted molar refractivity (Wildman–Crippen MR) is 111 cm³/mol. The molecule has 1 fully saturated rings. The molecule has 0 radical (unpaired) electrons. The van der Waals surface area contributed by atoms with Gasteiger partial charge in [0.15, 0.2) is 17.3 Å². The van der Waals surface area contributed by atoms with Crippen molar-refractivity contribution in [1.29, 1.82) is 0 Å². The molecule has 1 N–H and O–H groups in total. The van der Waals surface area contributed by atoms with Crippen molar-refractivity contribution >= 4 is 34.8 Å². The second-order valence-electron chi connectivity index (χ2n) is 7.81. The zero-order valence-corrected chi connectivity index (χ0v) is 17.1. The van der Waals surface area contributed by atoms with Gasteiger partial charge in [-0.1, -0.05) is 6.92 Å². The van der Waals surface area contributed by atoms with Crippen molar-refractivity contribution in [3.8, 4) is 0 Å². The van der Waals surface area contributed by atoms with Gasteiger partial charge in [0.05, 0.1) is 24.2 Å². The van der Waals surface area contributed by atoms with Crippen molar-refractivity contribution in [2.75, 3.05) is 28.2 Å². The molecule has 2 atom stereocenters. The topological polar surface area (TPSA) is 82.8 Å². The van der Waals surface area contributed by atoms with Crippen LogP contribution in [-0.2, 0) is 0 Å². The number of urea groups is 1. The lowest BCUT2D eigenvalue weighted by molar-refractivity contribution is -0.168. The minimum atomic E-state index is -4.48. The number of pyridine rings is 2. The first-order valence-corrected chi connectivity index (χ1v) is 9.97. The van der Waals surface area contributed by atoms with Crippen molar-refractivity contribution < 1.29 is 22.8 Å². The smallest absolute Gasteiger partial charge is 0.366 e. The molecule has 8 nitrogen and oxygen atoms in total. The molecular formula is C21H19F3N6O2. The number of Topliss-reactive ketones (excluding diaryl/α,β-unsaturated/α-hetero) is 1. The molecule has 2 bridgehead atoms. The van der Waals surface area contributed by atoms with Crippen LogP contribution in [0.25, 0.3) is 4.85 Å². The summed E-state index contributed by atoms with van der Waals surface area (Å²) in [6.45, 7) is 9.31. The van der Waals surface area contributed by atoms with E-state index in [1.807, 2.05) is 4.90 Å². The molecule has 0 spiro atoms. The summed E-state index contributed by atoms with van der Waals surface area (Å²) in [5, 5.41) is 2.65. The Labute approximate surface area is 181 Å². The Morgan fingerprint density at radius 3 is 2.84 bits per heavy atom. The summed E-state index contributed by atoms with van der Waals surface area (Å²) >= 11 is 0. The molecule has 2 aromatic rings. The molecule has 2 aromatic heterocycles. The Bertz CT molecular complexity index is 1110. The molecule has 2 aliphatic rings. The Hall–Kier alpha value is -3.68. The third-order valence-corrected chi connectivity index (χ3v) is 5.61. The van der Waals surface area contributed by atoms with E-state index >= 15 is 0 Å². The molecular weight excluding hydrogens is 425 g/mol. The molecule has 4 heterocycles. The third-order valence-electron chi connectivity index (χ3n) is 5.61. The van der Waals surface area contributed by atoms with Crippen molar-refractivity contribution in [2.45, 2.75) is 32.0 Å². The van der Waals surface area contributed by atoms with E-state index in [4.69, 9.17) is 6.57 Å². The van der Waals surface area contributed by atoms with Gasteiger partial charge in [0.1, 0.15) is 11.5 Å². The number of fused-ring (bicyclic) bond motifs is 4. The molecule has 2 amide bonds. The highest BCUT2D eigenvalue weighted by atomic mass is 19.4. The number of ketones is 1. The van der Waals surface area contributed by atoms with E-state index in [0.29, 0.717) is 30.9 Å². The van der Waals surface area contributed by atoms with E-state index in [2.05, 4.69) is 20.1 Å². The summed E-state index contributed by atoms with van der Waals surface area (Å²) < 4.78 is 38.6. The summed E-state index contributed by atoms with van der Waals surface area (Å²) in [5.74, 6) is -2.12. The van der Waals surface area contributed by atoms with Crippen LogP contribution in [0, 0.1) is 12.5 Å². The van der Waals surface area contributed by atoms with E-state index in [0.717, 1.165) is 6.92 Å². The minimum absolute atomic E-state index is 0.117. The highest BCUT2D eigenvalue weighted by Gasteiger charge is 2.41. The van der Waals surface area contributed by atoms with Gasteiger partial charge < -0.3 is 4.90 Å². The van der Waals surface area contributed by atoms with Gasteiger partial charge in [-0.2, -0.15) is 13.2 Å². The molecule has 0 unspecified atom stereocenters. The predicted octanol–water partition coefficient (Wildman–Crippen LogP) is 4.43. The number of carbonyl (C=O) groups is 2. The van der Waals surface area contributed by atoms with Crippen molar-refractivity contribution in [2.24, 2.45) is 5.92 Å². The van der Waals surface area contributed by atoms with Crippen LogP contribution < -0.4 is 15.1 Å². The van der Waals surface area contributed by atoms with Crippen LogP contribution in [0.2, 0.25) is 0 Å². The van der Waals surface area contributed by atoms with E-state index < -0.39 is 30.3 Å². The number of alkyl halides is 3. The largest absolute Gasteiger partial charge is 0.391 e. The molecule has 32 heavy (non-hydrogen) atoms. The lowest BCUT2D eigenvalue weighted by Gasteiger charge is -2.35. The van der Waals surface area contributed by atoms with E-state index in [-0.39, 0.29) is 23.4 Å². The molecule has 11 heteroatoms. The maximum Gasteiger partial charge on any atom is 0.391 e. The third kappa shape index (κ3) is 4.08. The summed E-state index contributed by atoms with van der Waals surface area (Å²) in [5.41, 5.74) is 0.830. The second-order valence-corrected chi connectivity index (χ2v) is 7.81. The standard InChI is InChI=1S/C21H19F3N6O2/c1-12(21(22,23)24)9-17(31)15-3-4-16-19(27-15)30(14-6-8-29(16)11-14)20(32)28-18-10-13(25-2)5-7-26-18/h3-5,7,10,12,14H,6,8-9,11H2,1H3,(H,26,28,32)/t12-,14-/m0/s1. The van der Waals surface area contributed by atoms with Gasteiger partial charge in [0, 0.05) is 25.7 Å². The first-order chi connectivity index (χ1) is 15.2. The number of aromatic nitrogens is 2. The van der Waals surface area contributed by atoms with E-state index in [1.165, 1.54) is 29.3 Å². The van der Waals surface area contributed by atoms with Crippen LogP contribution >= 0.6 is 0 Å². The number of carbonyl (C=O) groups excluding carboxylic acids is 2. The van der Waals surface area contributed by atoms with Crippen LogP contribution in [0.5, 0.6) is 0 Å². The monoisotopic (exact) mass is 444 g/mol. The van der Waals surface area contributed by atoms with Gasteiger partial charge in [-0.25, -0.2) is 19.6 Å². The lowest BCUT2D eigenvalue weighted by atomic mass is 10.0. The first-order valence-electron chi connectivity index (χ1n) is 9.97. The highest BCUT2D eigenvalue weighted by Crippen LogP contribution is 2.39. The number of hydrogen-bond donors (Lipinski definition) is 1. The summed E-state index contributed by atoms with van der Waals surface area (Å²) in [6, 6.07) is 5.22. The molecule has 2 aliphatic heterocycles. The maximum atomic E-state index is 13.1. The SMILES string of the molecule is [C-]#[N+]c1ccnc(NC(=O)N2c3nc(C(=O)C[C@H](C)C(F)(F)F)ccc3N3CC[C@H]2C3)c1. The molecule has 166 valence electrons. The first kappa shape index (κ1) is 21.5. The molecule has 4 rings (SSSR count). The van der Waals surface area contributed by atoms with Crippen molar-refractivity contribution in [3.05, 3.63) is 47.6 Å². The van der Waals surface area contributed by atoms with Gasteiger partial charge in [-0.15, -0.1) is 0 Å². The molecule has 0 aromatic carbocycles. The van der Waals surface area contributed by atoms with Gasteiger partial charge in [0.2, 0.25) is 0 Å². The fourth-order valence-corrected chi connectivity index (χ4v) is 3.85. The number of rotatable bonds is 4. The quantitative estimate of drug-likeness (QED) is 0.557. The average Bonchev–Trinajstić information content (AvgIpc) is 3.17. The number of amides is 2. The summed E-state index contributed by atoms with van der Waals surface area (Å²) in [4.78, 5) is 40.7. The summed E-state index contributed by atoms with van der Waals surface area (Å²) in [7, 11) is 0.